The highest BCUT2D eigenvalue weighted by Gasteiger charge is 2.18. The van der Waals surface area contributed by atoms with E-state index in [0.717, 1.165) is 5.56 Å². The molecule has 3 aromatic rings. The second-order valence-electron chi connectivity index (χ2n) is 7.75. The fraction of sp³-hybridized carbons (Fsp3) is 0.231. The molecule has 0 radical (unpaired) electrons. The molecule has 9 nitrogen and oxygen atoms in total. The number of hydrogen-bond donors (Lipinski definition) is 1. The maximum Gasteiger partial charge on any atom is 0.278 e. The van der Waals surface area contributed by atoms with Crippen molar-refractivity contribution in [2.45, 2.75) is 20.1 Å². The normalized spacial score (nSPS) is 10.8. The van der Waals surface area contributed by atoms with Crippen molar-refractivity contribution in [1.29, 1.82) is 5.26 Å². The number of amides is 1. The minimum Gasteiger partial charge on any atom is -0.493 e. The maximum absolute atomic E-state index is 12.3. The number of nitriles is 1. The SMILES string of the molecule is COCc1c(Br)c(C)nc(OCC(=O)NN=Cc2cc(Br)c(OCc3ccc(Cl)cc3)c(OC)c2)c1C#N. The molecule has 0 unspecified atom stereocenters. The molecule has 0 saturated heterocycles. The van der Waals surface area contributed by atoms with Crippen molar-refractivity contribution in [1.82, 2.24) is 10.4 Å². The Bertz CT molecular complexity index is 1380. The second kappa shape index (κ2) is 14.1. The van der Waals surface area contributed by atoms with Crippen LogP contribution in [0.5, 0.6) is 17.4 Å². The molecule has 0 aliphatic carbocycles. The van der Waals surface area contributed by atoms with Crippen LogP contribution in [0.2, 0.25) is 5.02 Å². The molecule has 198 valence electrons. The molecular weight excluding hydrogens is 644 g/mol. The summed E-state index contributed by atoms with van der Waals surface area (Å²) in [7, 11) is 3.05. The number of benzene rings is 2. The number of ether oxygens (including phenoxy) is 4. The highest BCUT2D eigenvalue weighted by Crippen LogP contribution is 2.37. The number of hydrazone groups is 1. The summed E-state index contributed by atoms with van der Waals surface area (Å²) >= 11 is 12.8. The number of hydrogen-bond acceptors (Lipinski definition) is 8. The number of aromatic nitrogens is 1. The Morgan fingerprint density at radius 1 is 1.18 bits per heavy atom. The first-order valence-electron chi connectivity index (χ1n) is 11.0. The van der Waals surface area contributed by atoms with Crippen LogP contribution in [0.15, 0.2) is 50.4 Å². The fourth-order valence-electron chi connectivity index (χ4n) is 3.25. The molecule has 1 amide bonds. The van der Waals surface area contributed by atoms with E-state index in [2.05, 4.69) is 53.4 Å². The van der Waals surface area contributed by atoms with Gasteiger partial charge in [-0.1, -0.05) is 23.7 Å². The molecule has 38 heavy (non-hydrogen) atoms. The molecule has 1 heterocycles. The van der Waals surface area contributed by atoms with E-state index < -0.39 is 12.5 Å². The smallest absolute Gasteiger partial charge is 0.278 e. The monoisotopic (exact) mass is 664 g/mol. The van der Waals surface area contributed by atoms with E-state index in [1.807, 2.05) is 12.1 Å². The van der Waals surface area contributed by atoms with E-state index in [-0.39, 0.29) is 18.1 Å². The third-order valence-corrected chi connectivity index (χ3v) is 6.95. The van der Waals surface area contributed by atoms with Gasteiger partial charge in [-0.15, -0.1) is 0 Å². The molecule has 12 heteroatoms. The summed E-state index contributed by atoms with van der Waals surface area (Å²) in [4.78, 5) is 16.6. The molecule has 0 saturated carbocycles. The lowest BCUT2D eigenvalue weighted by Crippen LogP contribution is -2.25. The molecule has 3 rings (SSSR count). The summed E-state index contributed by atoms with van der Waals surface area (Å²) in [5.41, 5.74) is 5.37. The van der Waals surface area contributed by atoms with Crippen LogP contribution in [-0.2, 0) is 22.7 Å². The zero-order chi connectivity index (χ0) is 27.7. The van der Waals surface area contributed by atoms with Crippen molar-refractivity contribution in [3.8, 4) is 23.4 Å². The van der Waals surface area contributed by atoms with Gasteiger partial charge in [-0.3, -0.25) is 4.79 Å². The summed E-state index contributed by atoms with van der Waals surface area (Å²) < 4.78 is 23.4. The molecule has 0 atom stereocenters. The molecule has 0 spiro atoms. The first kappa shape index (κ1) is 29.4. The van der Waals surface area contributed by atoms with Crippen molar-refractivity contribution in [2.24, 2.45) is 5.10 Å². The van der Waals surface area contributed by atoms with E-state index in [0.29, 0.717) is 48.9 Å². The van der Waals surface area contributed by atoms with Crippen LogP contribution in [0.25, 0.3) is 0 Å². The van der Waals surface area contributed by atoms with E-state index >= 15 is 0 Å². The summed E-state index contributed by atoms with van der Waals surface area (Å²) in [6.07, 6.45) is 1.45. The van der Waals surface area contributed by atoms with Crippen LogP contribution in [0, 0.1) is 18.3 Å². The van der Waals surface area contributed by atoms with Gasteiger partial charge in [0.05, 0.1) is 30.1 Å². The Morgan fingerprint density at radius 2 is 1.92 bits per heavy atom. The quantitative estimate of drug-likeness (QED) is 0.206. The summed E-state index contributed by atoms with van der Waals surface area (Å²) in [5.74, 6) is 0.518. The standard InChI is InChI=1S/C26H23Br2ClN4O5/c1-15-24(28)20(13-35-2)19(10-30)26(32-15)38-14-23(34)33-31-11-17-8-21(27)25(22(9-17)36-3)37-12-16-4-6-18(29)7-5-16/h4-9,11H,12-14H2,1-3H3,(H,33,34). The van der Waals surface area contributed by atoms with Gasteiger partial charge in [-0.2, -0.15) is 10.4 Å². The van der Waals surface area contributed by atoms with Gasteiger partial charge >= 0.3 is 0 Å². The molecule has 1 aromatic heterocycles. The maximum atomic E-state index is 12.3. The third-order valence-electron chi connectivity index (χ3n) is 5.06. The van der Waals surface area contributed by atoms with Crippen LogP contribution in [-0.4, -0.2) is 37.9 Å². The first-order chi connectivity index (χ1) is 18.3. The Hall–Kier alpha value is -3.17. The molecule has 0 aliphatic heterocycles. The molecule has 0 bridgehead atoms. The van der Waals surface area contributed by atoms with Crippen molar-refractivity contribution in [3.05, 3.63) is 78.3 Å². The number of nitrogens with zero attached hydrogens (tertiary/aromatic N) is 3. The molecule has 0 aliphatic rings. The van der Waals surface area contributed by atoms with Crippen molar-refractivity contribution in [3.63, 3.8) is 0 Å². The number of carbonyl (C=O) groups excluding carboxylic acids is 1. The number of aryl methyl sites for hydroxylation is 1. The average Bonchev–Trinajstić information content (AvgIpc) is 2.90. The van der Waals surface area contributed by atoms with E-state index in [9.17, 15) is 10.1 Å². The molecule has 0 fully saturated rings. The number of pyridine rings is 1. The van der Waals surface area contributed by atoms with E-state index in [1.54, 1.807) is 31.2 Å². The molecule has 1 N–H and O–H groups in total. The Morgan fingerprint density at radius 3 is 2.58 bits per heavy atom. The molecular formula is C26H23Br2ClN4O5. The lowest BCUT2D eigenvalue weighted by molar-refractivity contribution is -0.123. The number of halogens is 3. The van der Waals surface area contributed by atoms with Gasteiger partial charge in [0.15, 0.2) is 18.1 Å². The second-order valence-corrected chi connectivity index (χ2v) is 9.83. The summed E-state index contributed by atoms with van der Waals surface area (Å²) in [5, 5.41) is 14.2. The topological polar surface area (TPSA) is 115 Å². The van der Waals surface area contributed by atoms with Crippen LogP contribution >= 0.6 is 43.5 Å². The number of rotatable bonds is 11. The van der Waals surface area contributed by atoms with E-state index in [4.69, 9.17) is 30.5 Å². The van der Waals surface area contributed by atoms with Crippen LogP contribution in [0.3, 0.4) is 0 Å². The minimum absolute atomic E-state index is 0.0437. The number of methoxy groups -OCH3 is 2. The number of carbonyl (C=O) groups is 1. The highest BCUT2D eigenvalue weighted by atomic mass is 79.9. The van der Waals surface area contributed by atoms with Gasteiger partial charge in [-0.05, 0) is 74.2 Å². The van der Waals surface area contributed by atoms with Crippen LogP contribution in [0.4, 0.5) is 0 Å². The lowest BCUT2D eigenvalue weighted by atomic mass is 10.1. The van der Waals surface area contributed by atoms with Gasteiger partial charge in [0, 0.05) is 22.2 Å². The van der Waals surface area contributed by atoms with Gasteiger partial charge in [0.25, 0.3) is 5.91 Å². The van der Waals surface area contributed by atoms with Gasteiger partial charge in [-0.25, -0.2) is 10.4 Å². The van der Waals surface area contributed by atoms with Crippen molar-refractivity contribution < 1.29 is 23.7 Å². The van der Waals surface area contributed by atoms with Gasteiger partial charge < -0.3 is 18.9 Å². The minimum atomic E-state index is -0.533. The summed E-state index contributed by atoms with van der Waals surface area (Å²) in [6, 6.07) is 12.9. The predicted octanol–water partition coefficient (Wildman–Crippen LogP) is 5.70. The largest absolute Gasteiger partial charge is 0.493 e. The Balaban J connectivity index is 1.63. The fourth-order valence-corrected chi connectivity index (χ4v) is 4.35. The Labute approximate surface area is 242 Å². The van der Waals surface area contributed by atoms with Crippen LogP contribution in [0.1, 0.15) is 27.9 Å². The van der Waals surface area contributed by atoms with Gasteiger partial charge in [0.2, 0.25) is 5.88 Å². The van der Waals surface area contributed by atoms with Crippen molar-refractivity contribution in [2.75, 3.05) is 20.8 Å². The predicted molar refractivity (Wildman–Crippen MR) is 150 cm³/mol. The third kappa shape index (κ3) is 7.68. The zero-order valence-corrected chi connectivity index (χ0v) is 24.6. The first-order valence-corrected chi connectivity index (χ1v) is 13.0. The Kier molecular flexibility index (Phi) is 10.9. The van der Waals surface area contributed by atoms with E-state index in [1.165, 1.54) is 20.4 Å². The van der Waals surface area contributed by atoms with Gasteiger partial charge in [0.1, 0.15) is 18.2 Å². The van der Waals surface area contributed by atoms with Crippen molar-refractivity contribution >= 4 is 55.6 Å². The summed E-state index contributed by atoms with van der Waals surface area (Å²) in [6.45, 7) is 1.87. The zero-order valence-electron chi connectivity index (χ0n) is 20.7. The molecule has 2 aromatic carbocycles. The van der Waals surface area contributed by atoms with Crippen LogP contribution < -0.4 is 19.6 Å². The lowest BCUT2D eigenvalue weighted by Gasteiger charge is -2.14. The average molecular weight is 667 g/mol. The number of nitrogens with one attached hydrogen (secondary N) is 1. The highest BCUT2D eigenvalue weighted by molar-refractivity contribution is 9.10.